The minimum absolute atomic E-state index is 0.0274. The number of amides is 2. The van der Waals surface area contributed by atoms with E-state index < -0.39 is 5.97 Å². The zero-order chi connectivity index (χ0) is 25.1. The van der Waals surface area contributed by atoms with E-state index in [1.54, 1.807) is 15.9 Å². The van der Waals surface area contributed by atoms with Crippen LogP contribution >= 0.6 is 11.3 Å². The van der Waals surface area contributed by atoms with Crippen molar-refractivity contribution in [2.75, 3.05) is 26.7 Å². The van der Waals surface area contributed by atoms with Gasteiger partial charge in [0.25, 0.3) is 11.8 Å². The van der Waals surface area contributed by atoms with Crippen LogP contribution in [0.3, 0.4) is 0 Å². The van der Waals surface area contributed by atoms with Crippen LogP contribution in [0.1, 0.15) is 62.9 Å². The molecule has 4 rings (SSSR count). The summed E-state index contributed by atoms with van der Waals surface area (Å²) in [7, 11) is 1.28. The van der Waals surface area contributed by atoms with E-state index in [2.05, 4.69) is 9.97 Å². The van der Waals surface area contributed by atoms with E-state index in [0.29, 0.717) is 36.0 Å². The number of esters is 1. The molecule has 1 atom stereocenters. The van der Waals surface area contributed by atoms with Gasteiger partial charge in [-0.2, -0.15) is 0 Å². The molecule has 2 aromatic heterocycles. The largest absolute Gasteiger partial charge is 0.465 e. The molecule has 0 radical (unpaired) electrons. The fraction of sp³-hybridized carbons (Fsp3) is 0.346. The number of methoxy groups -OCH3 is 1. The monoisotopic (exact) mass is 492 g/mol. The van der Waals surface area contributed by atoms with Crippen LogP contribution in [-0.2, 0) is 4.74 Å². The molecule has 0 bridgehead atoms. The van der Waals surface area contributed by atoms with Gasteiger partial charge in [0.2, 0.25) is 0 Å². The fourth-order valence-corrected chi connectivity index (χ4v) is 4.88. The number of thiophene rings is 1. The summed E-state index contributed by atoms with van der Waals surface area (Å²) in [5, 5.41) is 1.87. The average molecular weight is 493 g/mol. The van der Waals surface area contributed by atoms with Crippen molar-refractivity contribution in [3.63, 3.8) is 0 Å². The highest BCUT2D eigenvalue weighted by Crippen LogP contribution is 2.27. The van der Waals surface area contributed by atoms with Crippen molar-refractivity contribution in [1.82, 2.24) is 19.8 Å². The van der Waals surface area contributed by atoms with Gasteiger partial charge in [0.05, 0.1) is 17.7 Å². The van der Waals surface area contributed by atoms with Gasteiger partial charge in [0.15, 0.2) is 5.82 Å². The maximum absolute atomic E-state index is 13.8. The summed E-state index contributed by atoms with van der Waals surface area (Å²) in [6.45, 7) is 6.80. The third-order valence-electron chi connectivity index (χ3n) is 6.02. The maximum atomic E-state index is 13.8. The number of hydrogen-bond acceptors (Lipinski definition) is 7. The summed E-state index contributed by atoms with van der Waals surface area (Å²) in [5.41, 5.74) is 1.34. The normalized spacial score (nSPS) is 15.9. The molecule has 0 saturated carbocycles. The summed E-state index contributed by atoms with van der Waals surface area (Å²) in [6, 6.07) is 12.8. The lowest BCUT2D eigenvalue weighted by atomic mass is 10.00. The first-order valence-electron chi connectivity index (χ1n) is 11.5. The van der Waals surface area contributed by atoms with Gasteiger partial charge < -0.3 is 14.5 Å². The molecule has 2 amide bonds. The Hall–Kier alpha value is -3.59. The Balaban J connectivity index is 1.70. The van der Waals surface area contributed by atoms with Crippen molar-refractivity contribution in [2.45, 2.75) is 32.7 Å². The first-order valence-corrected chi connectivity index (χ1v) is 12.4. The number of piperazine rings is 1. The summed E-state index contributed by atoms with van der Waals surface area (Å²) < 4.78 is 5.02. The van der Waals surface area contributed by atoms with Gasteiger partial charge in [0, 0.05) is 31.2 Å². The molecule has 1 aliphatic heterocycles. The number of carbonyl (C=O) groups is 3. The Labute approximate surface area is 208 Å². The van der Waals surface area contributed by atoms with E-state index >= 15 is 0 Å². The molecule has 3 heterocycles. The molecule has 1 aromatic carbocycles. The lowest BCUT2D eigenvalue weighted by Crippen LogP contribution is -2.55. The van der Waals surface area contributed by atoms with Crippen molar-refractivity contribution in [2.24, 2.45) is 0 Å². The Morgan fingerprint density at radius 3 is 2.37 bits per heavy atom. The quantitative estimate of drug-likeness (QED) is 0.498. The van der Waals surface area contributed by atoms with Gasteiger partial charge in [-0.25, -0.2) is 14.8 Å². The first kappa shape index (κ1) is 24.5. The number of hydrogen-bond donors (Lipinski definition) is 0. The SMILES string of the molecule is COC(=O)c1c(C(=O)N2CCN(C(=O)c3cccs3)C(C)C2)nc(-c2ccccc2)nc1C(C)C. The van der Waals surface area contributed by atoms with E-state index in [1.165, 1.54) is 18.4 Å². The van der Waals surface area contributed by atoms with E-state index in [4.69, 9.17) is 4.74 Å². The number of ether oxygens (including phenoxy) is 1. The van der Waals surface area contributed by atoms with Gasteiger partial charge in [-0.05, 0) is 24.3 Å². The molecular weight excluding hydrogens is 464 g/mol. The number of carbonyl (C=O) groups excluding carboxylic acids is 3. The molecule has 9 heteroatoms. The zero-order valence-electron chi connectivity index (χ0n) is 20.2. The van der Waals surface area contributed by atoms with Crippen molar-refractivity contribution in [1.29, 1.82) is 0 Å². The van der Waals surface area contributed by atoms with E-state index in [1.807, 2.05) is 62.5 Å². The van der Waals surface area contributed by atoms with Gasteiger partial charge in [0.1, 0.15) is 11.3 Å². The van der Waals surface area contributed by atoms with Crippen molar-refractivity contribution in [3.8, 4) is 11.4 Å². The van der Waals surface area contributed by atoms with Crippen LogP contribution in [0, 0.1) is 0 Å². The second-order valence-electron chi connectivity index (χ2n) is 8.74. The van der Waals surface area contributed by atoms with Gasteiger partial charge >= 0.3 is 5.97 Å². The topological polar surface area (TPSA) is 92.7 Å². The molecule has 1 aliphatic rings. The smallest absolute Gasteiger partial charge is 0.342 e. The lowest BCUT2D eigenvalue weighted by molar-refractivity contribution is 0.0411. The molecule has 1 fully saturated rings. The van der Waals surface area contributed by atoms with Crippen LogP contribution in [0.2, 0.25) is 0 Å². The van der Waals surface area contributed by atoms with Crippen molar-refractivity contribution in [3.05, 3.63) is 69.7 Å². The third-order valence-corrected chi connectivity index (χ3v) is 6.87. The maximum Gasteiger partial charge on any atom is 0.342 e. The highest BCUT2D eigenvalue weighted by molar-refractivity contribution is 7.12. The molecule has 8 nitrogen and oxygen atoms in total. The summed E-state index contributed by atoms with van der Waals surface area (Å²) in [5.74, 6) is -0.811. The van der Waals surface area contributed by atoms with Crippen LogP contribution in [0.5, 0.6) is 0 Å². The Morgan fingerprint density at radius 1 is 1.03 bits per heavy atom. The molecule has 0 N–H and O–H groups in total. The third kappa shape index (κ3) is 4.95. The standard InChI is InChI=1S/C26H28N4O4S/c1-16(2)21-20(26(33)34-4)22(28-23(27-21)18-9-6-5-7-10-18)25(32)29-12-13-30(17(3)15-29)24(31)19-11-8-14-35-19/h5-11,14,16-17H,12-13,15H2,1-4H3. The summed E-state index contributed by atoms with van der Waals surface area (Å²) in [6.07, 6.45) is 0. The highest BCUT2D eigenvalue weighted by atomic mass is 32.1. The van der Waals surface area contributed by atoms with Gasteiger partial charge in [-0.3, -0.25) is 9.59 Å². The number of nitrogens with zero attached hydrogens (tertiary/aromatic N) is 4. The molecule has 0 aliphatic carbocycles. The molecule has 1 saturated heterocycles. The second kappa shape index (κ2) is 10.4. The predicted molar refractivity (Wildman–Crippen MR) is 134 cm³/mol. The molecule has 35 heavy (non-hydrogen) atoms. The van der Waals surface area contributed by atoms with Crippen molar-refractivity contribution < 1.29 is 19.1 Å². The molecular formula is C26H28N4O4S. The minimum atomic E-state index is -0.642. The average Bonchev–Trinajstić information content (AvgIpc) is 3.42. The fourth-order valence-electron chi connectivity index (χ4n) is 4.21. The summed E-state index contributed by atoms with van der Waals surface area (Å²) >= 11 is 1.40. The first-order chi connectivity index (χ1) is 16.8. The van der Waals surface area contributed by atoms with Crippen LogP contribution in [0.25, 0.3) is 11.4 Å². The number of aromatic nitrogens is 2. The van der Waals surface area contributed by atoms with Gasteiger partial charge in [-0.1, -0.05) is 50.2 Å². The lowest BCUT2D eigenvalue weighted by Gasteiger charge is -2.39. The Bertz CT molecular complexity index is 1230. The summed E-state index contributed by atoms with van der Waals surface area (Å²) in [4.78, 5) is 52.8. The second-order valence-corrected chi connectivity index (χ2v) is 9.69. The molecule has 0 spiro atoms. The molecule has 3 aromatic rings. The Morgan fingerprint density at radius 2 is 1.77 bits per heavy atom. The van der Waals surface area contributed by atoms with E-state index in [-0.39, 0.29) is 35.0 Å². The van der Waals surface area contributed by atoms with Gasteiger partial charge in [-0.15, -0.1) is 11.3 Å². The van der Waals surface area contributed by atoms with Crippen molar-refractivity contribution >= 4 is 29.1 Å². The van der Waals surface area contributed by atoms with Crippen LogP contribution in [-0.4, -0.2) is 70.3 Å². The van der Waals surface area contributed by atoms with Crippen LogP contribution in [0.4, 0.5) is 0 Å². The predicted octanol–water partition coefficient (Wildman–Crippen LogP) is 4.10. The zero-order valence-corrected chi connectivity index (χ0v) is 21.0. The highest BCUT2D eigenvalue weighted by Gasteiger charge is 2.35. The van der Waals surface area contributed by atoms with Crippen LogP contribution < -0.4 is 0 Å². The molecule has 1 unspecified atom stereocenters. The molecule has 182 valence electrons. The van der Waals surface area contributed by atoms with E-state index in [0.717, 1.165) is 5.56 Å². The van der Waals surface area contributed by atoms with E-state index in [9.17, 15) is 14.4 Å². The van der Waals surface area contributed by atoms with Crippen LogP contribution in [0.15, 0.2) is 47.8 Å². The number of benzene rings is 1. The number of rotatable bonds is 5. The Kier molecular flexibility index (Phi) is 7.25. The minimum Gasteiger partial charge on any atom is -0.465 e.